The van der Waals surface area contributed by atoms with Gasteiger partial charge >= 0.3 is 0 Å². The normalized spacial score (nSPS) is 12.0. The van der Waals surface area contributed by atoms with Crippen LogP contribution in [0.5, 0.6) is 34.5 Å². The second kappa shape index (κ2) is 37.9. The Morgan fingerprint density at radius 3 is 0.866 bits per heavy atom. The molecule has 26 aromatic rings. The molecule has 3 aliphatic heterocycles. The maximum atomic E-state index is 6.68. The Hall–Kier alpha value is -20.1. The fourth-order valence-corrected chi connectivity index (χ4v) is 21.7. The molecule has 149 heavy (non-hydrogen) atoms. The largest absolute Gasteiger partial charge is 0.454 e. The molecule has 0 spiro atoms. The van der Waals surface area contributed by atoms with E-state index in [9.17, 15) is 0 Å². The fraction of sp³-hybridized carbons (Fsp3) is 0. The molecular weight excluding hydrogens is 1820 g/mol. The molecule has 0 atom stereocenters. The van der Waals surface area contributed by atoms with Crippen molar-refractivity contribution in [2.75, 3.05) is 29.4 Å². The molecule has 0 amide bonds. The summed E-state index contributed by atoms with van der Waals surface area (Å²) < 4.78 is 28.9. The van der Waals surface area contributed by atoms with Crippen molar-refractivity contribution in [3.63, 3.8) is 0 Å². The van der Waals surface area contributed by atoms with Gasteiger partial charge in [-0.3, -0.25) is 0 Å². The fourth-order valence-electron chi connectivity index (χ4n) is 21.7. The molecule has 0 N–H and O–H groups in total. The molecule has 0 radical (unpaired) electrons. The number of hydrogen-bond donors (Lipinski definition) is 0. The van der Waals surface area contributed by atoms with Crippen LogP contribution < -0.4 is 43.6 Å². The van der Waals surface area contributed by atoms with E-state index in [1.807, 2.05) is 66.7 Å². The number of fused-ring (bicyclic) bond motifs is 18. The molecular formula is C138H93N7O4. The summed E-state index contributed by atoms with van der Waals surface area (Å²) >= 11 is 0. The van der Waals surface area contributed by atoms with Crippen molar-refractivity contribution in [2.45, 2.75) is 0 Å². The number of ether oxygens (including phenoxy) is 3. The molecule has 704 valence electrons. The predicted octanol–water partition coefficient (Wildman–Crippen LogP) is 39.7. The number of rotatable bonds is 16. The van der Waals surface area contributed by atoms with Gasteiger partial charge in [0, 0.05) is 102 Å². The standard InChI is InChI=1S/C48H33N3O.C48H32N2O.C42H28N2O2/c1-4-14-34(15-5-1)35-24-26-38(27-25-35)49(39-28-30-44-42(32-39)41-20-10-11-21-43(41)50(44)36-16-6-2-7-17-36)40-29-31-46-48(33-40)52-47-23-13-12-22-45(47)51(46)37-18-8-3-9-19-37;1-3-13-33(14-4-1)34-23-25-36(26-24-34)49(37-27-29-43-41-19-8-7-17-39(41)40-18-9-10-20-42(40)44(43)31-37)38-28-30-46-48(32-38)51-47-22-12-11-21-45(47)50(46)35-15-5-2-6-16-35;1-3-12-29(13-4-1)30-22-24-32(25-23-30)43(38-19-11-17-35-34-16-7-9-20-39(34)46-42(35)38)33-26-27-37-41(28-33)45-40-21-10-8-18-36(40)44(37)31-14-5-2-6-15-31/h1-33H;1-32H;1-28H. The van der Waals surface area contributed by atoms with Crippen LogP contribution >= 0.6 is 0 Å². The topological polar surface area (TPSA) is 65.2 Å². The van der Waals surface area contributed by atoms with Gasteiger partial charge in [0.2, 0.25) is 0 Å². The Kier molecular flexibility index (Phi) is 22.4. The van der Waals surface area contributed by atoms with Crippen molar-refractivity contribution in [1.82, 2.24) is 4.57 Å². The molecule has 0 aliphatic carbocycles. The summed E-state index contributed by atoms with van der Waals surface area (Å²) in [4.78, 5) is 13.8. The SMILES string of the molecule is c1ccc(-c2ccc(N(c3ccc4c(c3)Oc3ccccc3N4c3ccccc3)c3ccc4c(c3)c3ccccc3n4-c3ccccc3)cc2)cc1.c1ccc(-c2ccc(N(c3ccc4c(c3)Oc3ccccc3N4c3ccccc3)c3ccc4c5ccccc5c5ccccc5c4c3)cc2)cc1.c1ccc(-c2ccc(N(c3ccc4c(c3)Oc3ccccc3N4c3ccccc3)c3cccc4c3oc3ccccc34)cc2)cc1. The first kappa shape index (κ1) is 87.8. The van der Waals surface area contributed by atoms with E-state index in [-0.39, 0.29) is 0 Å². The zero-order chi connectivity index (χ0) is 98.6. The maximum Gasteiger partial charge on any atom is 0.159 e. The van der Waals surface area contributed by atoms with E-state index in [4.69, 9.17) is 18.6 Å². The third kappa shape index (κ3) is 16.2. The van der Waals surface area contributed by atoms with Crippen LogP contribution in [0.1, 0.15) is 0 Å². The van der Waals surface area contributed by atoms with Crippen LogP contribution in [0.2, 0.25) is 0 Å². The molecule has 0 bridgehead atoms. The van der Waals surface area contributed by atoms with E-state index in [1.165, 1.54) is 81.9 Å². The molecule has 3 aliphatic rings. The minimum Gasteiger partial charge on any atom is -0.454 e. The second-order valence-electron chi connectivity index (χ2n) is 37.4. The summed E-state index contributed by atoms with van der Waals surface area (Å²) in [6.45, 7) is 0. The third-order valence-corrected chi connectivity index (χ3v) is 28.6. The van der Waals surface area contributed by atoms with Gasteiger partial charge < -0.3 is 52.6 Å². The van der Waals surface area contributed by atoms with Crippen LogP contribution in [0.25, 0.3) is 115 Å². The molecule has 24 aromatic carbocycles. The van der Waals surface area contributed by atoms with E-state index in [0.717, 1.165) is 170 Å². The van der Waals surface area contributed by atoms with Crippen molar-refractivity contribution >= 4 is 178 Å². The average Bonchev–Trinajstić information content (AvgIpc) is 1.65. The van der Waals surface area contributed by atoms with Crippen LogP contribution in [-0.4, -0.2) is 4.57 Å². The lowest BCUT2D eigenvalue weighted by molar-refractivity contribution is 0.477. The van der Waals surface area contributed by atoms with Crippen molar-refractivity contribution in [2.24, 2.45) is 0 Å². The first-order valence-electron chi connectivity index (χ1n) is 50.4. The summed E-state index contributed by atoms with van der Waals surface area (Å²) in [5.41, 5.74) is 30.8. The van der Waals surface area contributed by atoms with Crippen LogP contribution in [0, 0.1) is 0 Å². The predicted molar refractivity (Wildman–Crippen MR) is 618 cm³/mol. The summed E-state index contributed by atoms with van der Waals surface area (Å²) in [5, 5.41) is 12.1. The first-order chi connectivity index (χ1) is 73.9. The minimum absolute atomic E-state index is 0.780. The highest BCUT2D eigenvalue weighted by Crippen LogP contribution is 2.58. The summed E-state index contributed by atoms with van der Waals surface area (Å²) in [6.07, 6.45) is 0. The molecule has 11 nitrogen and oxygen atoms in total. The van der Waals surface area contributed by atoms with Crippen LogP contribution in [0.4, 0.5) is 102 Å². The molecule has 5 heterocycles. The molecule has 0 saturated carbocycles. The summed E-state index contributed by atoms with van der Waals surface area (Å²) in [7, 11) is 0. The quantitative estimate of drug-likeness (QED) is 0.0874. The lowest BCUT2D eigenvalue weighted by Crippen LogP contribution is -2.16. The Labute approximate surface area is 862 Å². The Balaban J connectivity index is 0.000000110. The van der Waals surface area contributed by atoms with E-state index in [2.05, 4.69) is 531 Å². The second-order valence-corrected chi connectivity index (χ2v) is 37.4. The van der Waals surface area contributed by atoms with Gasteiger partial charge in [-0.05, 0) is 272 Å². The lowest BCUT2D eigenvalue weighted by Gasteiger charge is -2.34. The molecule has 0 unspecified atom stereocenters. The highest BCUT2D eigenvalue weighted by atomic mass is 16.5. The highest BCUT2D eigenvalue weighted by molar-refractivity contribution is 6.26. The Bertz CT molecular complexity index is 9480. The lowest BCUT2D eigenvalue weighted by atomic mass is 9.94. The Morgan fingerprint density at radius 2 is 0.436 bits per heavy atom. The Morgan fingerprint density at radius 1 is 0.154 bits per heavy atom. The molecule has 11 heteroatoms. The minimum atomic E-state index is 0.780. The van der Waals surface area contributed by atoms with Crippen molar-refractivity contribution in [3.8, 4) is 73.6 Å². The molecule has 0 saturated heterocycles. The van der Waals surface area contributed by atoms with Crippen molar-refractivity contribution in [3.05, 3.63) is 564 Å². The number of nitrogens with zero attached hydrogens (tertiary/aromatic N) is 7. The monoisotopic (exact) mass is 1910 g/mol. The number of para-hydroxylation sites is 13. The molecule has 0 fully saturated rings. The van der Waals surface area contributed by atoms with Crippen molar-refractivity contribution in [1.29, 1.82) is 0 Å². The molecule has 2 aromatic heterocycles. The van der Waals surface area contributed by atoms with Gasteiger partial charge in [-0.25, -0.2) is 0 Å². The number of anilines is 18. The number of aromatic nitrogens is 1. The van der Waals surface area contributed by atoms with Crippen molar-refractivity contribution < 1.29 is 18.6 Å². The zero-order valence-electron chi connectivity index (χ0n) is 81.0. The van der Waals surface area contributed by atoms with Gasteiger partial charge in [0.1, 0.15) is 5.58 Å². The summed E-state index contributed by atoms with van der Waals surface area (Å²) in [5.74, 6) is 4.85. The van der Waals surface area contributed by atoms with Crippen LogP contribution in [-0.2, 0) is 0 Å². The van der Waals surface area contributed by atoms with Crippen LogP contribution in [0.3, 0.4) is 0 Å². The average molecular weight is 1910 g/mol. The summed E-state index contributed by atoms with van der Waals surface area (Å²) in [6, 6.07) is 199. The van der Waals surface area contributed by atoms with Gasteiger partial charge in [-0.1, -0.05) is 340 Å². The third-order valence-electron chi connectivity index (χ3n) is 28.6. The number of furan rings is 1. The highest BCUT2D eigenvalue weighted by Gasteiger charge is 2.33. The van der Waals surface area contributed by atoms with Gasteiger partial charge in [0.25, 0.3) is 0 Å². The number of hydrogen-bond acceptors (Lipinski definition) is 10. The first-order valence-corrected chi connectivity index (χ1v) is 50.4. The van der Waals surface area contributed by atoms with E-state index >= 15 is 0 Å². The van der Waals surface area contributed by atoms with Gasteiger partial charge in [-0.15, -0.1) is 0 Å². The van der Waals surface area contributed by atoms with Gasteiger partial charge in [-0.2, -0.15) is 0 Å². The number of benzene rings is 24. The van der Waals surface area contributed by atoms with E-state index < -0.39 is 0 Å². The van der Waals surface area contributed by atoms with Gasteiger partial charge in [0.15, 0.2) is 40.1 Å². The van der Waals surface area contributed by atoms with Gasteiger partial charge in [0.05, 0.1) is 56.5 Å². The van der Waals surface area contributed by atoms with Crippen LogP contribution in [0.15, 0.2) is 569 Å². The van der Waals surface area contributed by atoms with E-state index in [0.29, 0.717) is 0 Å². The molecule has 29 rings (SSSR count). The smallest absolute Gasteiger partial charge is 0.159 e. The maximum absolute atomic E-state index is 6.68. The van der Waals surface area contributed by atoms with E-state index in [1.54, 1.807) is 0 Å². The zero-order valence-corrected chi connectivity index (χ0v) is 81.0.